The molecule has 2 aromatic carbocycles. The molecule has 1 saturated heterocycles. The largest absolute Gasteiger partial charge is 0.414 e. The number of hydrogen-bond acceptors (Lipinski definition) is 8. The Morgan fingerprint density at radius 2 is 1.88 bits per heavy atom. The number of hydrogen-bond donors (Lipinski definition) is 2. The van der Waals surface area contributed by atoms with Crippen LogP contribution in [0.25, 0.3) is 34.3 Å². The van der Waals surface area contributed by atoms with Crippen molar-refractivity contribution in [1.82, 2.24) is 30.4 Å². The average Bonchev–Trinajstić information content (AvgIpc) is 3.19. The second kappa shape index (κ2) is 9.36. The molecule has 0 unspecified atom stereocenters. The molecule has 0 spiro atoms. The van der Waals surface area contributed by atoms with Gasteiger partial charge in [-0.2, -0.15) is 0 Å². The highest BCUT2D eigenvalue weighted by Gasteiger charge is 2.22. The van der Waals surface area contributed by atoms with Gasteiger partial charge in [0.2, 0.25) is 5.89 Å². The second-order valence-electron chi connectivity index (χ2n) is 7.86. The highest BCUT2D eigenvalue weighted by atomic mass is 19.1. The Morgan fingerprint density at radius 3 is 2.71 bits per heavy atom. The van der Waals surface area contributed by atoms with Gasteiger partial charge in [0.15, 0.2) is 11.5 Å². The van der Waals surface area contributed by atoms with Crippen LogP contribution in [0.2, 0.25) is 0 Å². The maximum atomic E-state index is 15.0. The third-order valence-corrected chi connectivity index (χ3v) is 5.57. The second-order valence-corrected chi connectivity index (χ2v) is 7.86. The number of aromatic nitrogens is 4. The summed E-state index contributed by atoms with van der Waals surface area (Å²) < 4.78 is 20.7. The normalized spacial score (nSPS) is 14.1. The molecule has 0 atom stereocenters. The fourth-order valence-electron chi connectivity index (χ4n) is 3.78. The van der Waals surface area contributed by atoms with Gasteiger partial charge in [-0.05, 0) is 37.2 Å². The van der Waals surface area contributed by atoms with Crippen LogP contribution in [0.15, 0.2) is 59.1 Å². The first kappa shape index (κ1) is 21.7. The molecule has 176 valence electrons. The van der Waals surface area contributed by atoms with Crippen LogP contribution in [-0.2, 0) is 0 Å². The van der Waals surface area contributed by atoms with Crippen molar-refractivity contribution < 1.29 is 16.5 Å². The quantitative estimate of drug-likeness (QED) is 0.471. The SMILES string of the molecule is Nc1ncc(-c2ccc(C(=O)N3CCCNCC3)c(F)c2)nc1-c1nnc(-c2ccccc2)o1.[HH].[HH]. The van der Waals surface area contributed by atoms with Crippen molar-refractivity contribution in [3.63, 3.8) is 0 Å². The Morgan fingerprint density at radius 1 is 1.06 bits per heavy atom. The molecule has 0 bridgehead atoms. The molecule has 1 fully saturated rings. The first-order valence-corrected chi connectivity index (χ1v) is 10.9. The summed E-state index contributed by atoms with van der Waals surface area (Å²) in [6.07, 6.45) is 2.26. The van der Waals surface area contributed by atoms with Crippen LogP contribution in [0, 0.1) is 5.82 Å². The van der Waals surface area contributed by atoms with E-state index in [0.29, 0.717) is 36.8 Å². The highest BCUT2D eigenvalue weighted by Crippen LogP contribution is 2.28. The molecule has 3 N–H and O–H groups in total. The van der Waals surface area contributed by atoms with Gasteiger partial charge >= 0.3 is 0 Å². The van der Waals surface area contributed by atoms with Crippen molar-refractivity contribution in [1.29, 1.82) is 0 Å². The molecule has 0 aliphatic carbocycles. The number of nitrogens with zero attached hydrogens (tertiary/aromatic N) is 5. The minimum atomic E-state index is -0.621. The Labute approximate surface area is 197 Å². The summed E-state index contributed by atoms with van der Waals surface area (Å²) in [6, 6.07) is 13.7. The monoisotopic (exact) mass is 463 g/mol. The third-order valence-electron chi connectivity index (χ3n) is 5.57. The van der Waals surface area contributed by atoms with Gasteiger partial charge in [0.25, 0.3) is 11.8 Å². The van der Waals surface area contributed by atoms with Crippen LogP contribution >= 0.6 is 0 Å². The topological polar surface area (TPSA) is 123 Å². The number of nitrogens with two attached hydrogens (primary N) is 1. The lowest BCUT2D eigenvalue weighted by Gasteiger charge is -2.20. The van der Waals surface area contributed by atoms with E-state index in [9.17, 15) is 9.18 Å². The van der Waals surface area contributed by atoms with Crippen LogP contribution in [0.1, 0.15) is 19.6 Å². The van der Waals surface area contributed by atoms with Gasteiger partial charge in [0.05, 0.1) is 17.5 Å². The van der Waals surface area contributed by atoms with E-state index in [1.165, 1.54) is 18.3 Å². The lowest BCUT2D eigenvalue weighted by molar-refractivity contribution is 0.0761. The van der Waals surface area contributed by atoms with Crippen LogP contribution in [0.4, 0.5) is 10.2 Å². The van der Waals surface area contributed by atoms with Gasteiger partial charge in [0, 0.05) is 33.6 Å². The van der Waals surface area contributed by atoms with Crippen LogP contribution in [0.5, 0.6) is 0 Å². The number of carbonyl (C=O) groups is 1. The molecule has 0 radical (unpaired) electrons. The molecule has 1 aliphatic heterocycles. The molecule has 1 aliphatic rings. The van der Waals surface area contributed by atoms with Crippen molar-refractivity contribution in [3.8, 4) is 34.3 Å². The molecule has 1 amide bonds. The Hall–Kier alpha value is -4.18. The third kappa shape index (κ3) is 4.35. The van der Waals surface area contributed by atoms with Crippen molar-refractivity contribution in [3.05, 3.63) is 66.1 Å². The minimum absolute atomic E-state index is 0. The smallest absolute Gasteiger partial charge is 0.270 e. The van der Waals surface area contributed by atoms with E-state index in [1.54, 1.807) is 11.0 Å². The molecule has 10 heteroatoms. The molecular weight excluding hydrogens is 437 g/mol. The van der Waals surface area contributed by atoms with Crippen molar-refractivity contribution in [2.45, 2.75) is 6.42 Å². The van der Waals surface area contributed by atoms with Crippen LogP contribution < -0.4 is 11.1 Å². The Balaban J connectivity index is 0.00000180. The molecule has 2 aromatic heterocycles. The molecule has 4 aromatic rings. The number of halogens is 1. The van der Waals surface area contributed by atoms with Crippen molar-refractivity contribution in [2.75, 3.05) is 31.9 Å². The molecular formula is C24H26FN7O2. The van der Waals surface area contributed by atoms with Gasteiger partial charge < -0.3 is 20.4 Å². The summed E-state index contributed by atoms with van der Waals surface area (Å²) in [5.74, 6) is -0.415. The van der Waals surface area contributed by atoms with E-state index >= 15 is 0 Å². The summed E-state index contributed by atoms with van der Waals surface area (Å²) in [4.78, 5) is 23.1. The number of anilines is 1. The summed E-state index contributed by atoms with van der Waals surface area (Å²) in [5.41, 5.74) is 7.80. The minimum Gasteiger partial charge on any atom is -0.414 e. The standard InChI is InChI=1S/C24H22FN7O2.2H2/c25-18-13-16(7-8-17(18)24(33)32-11-4-9-27-10-12-32)19-14-28-21(26)20(29-19)23-31-30-22(34-23)15-5-2-1-3-6-15;;/h1-3,5-8,13-14,27H,4,9-12H2,(H2,26,28);2*1H. The van der Waals surface area contributed by atoms with E-state index in [0.717, 1.165) is 18.5 Å². The molecule has 0 saturated carbocycles. The predicted molar refractivity (Wildman–Crippen MR) is 128 cm³/mol. The number of rotatable bonds is 4. The summed E-state index contributed by atoms with van der Waals surface area (Å²) in [7, 11) is 0. The fraction of sp³-hybridized carbons (Fsp3) is 0.208. The van der Waals surface area contributed by atoms with E-state index in [2.05, 4.69) is 25.5 Å². The summed E-state index contributed by atoms with van der Waals surface area (Å²) in [5, 5.41) is 11.3. The zero-order valence-corrected chi connectivity index (χ0v) is 18.2. The van der Waals surface area contributed by atoms with Gasteiger partial charge in [-0.25, -0.2) is 14.4 Å². The Bertz CT molecular complexity index is 1330. The van der Waals surface area contributed by atoms with Crippen molar-refractivity contribution >= 4 is 11.7 Å². The number of benzene rings is 2. The van der Waals surface area contributed by atoms with Crippen molar-refractivity contribution in [2.24, 2.45) is 0 Å². The Kier molecular flexibility index (Phi) is 5.96. The summed E-state index contributed by atoms with van der Waals surface area (Å²) >= 11 is 0. The van der Waals surface area contributed by atoms with Gasteiger partial charge in [-0.15, -0.1) is 10.2 Å². The number of amides is 1. The van der Waals surface area contributed by atoms with Gasteiger partial charge in [-0.1, -0.05) is 24.3 Å². The zero-order valence-electron chi connectivity index (χ0n) is 18.2. The summed E-state index contributed by atoms with van der Waals surface area (Å²) in [6.45, 7) is 2.67. The number of carbonyl (C=O) groups excluding carboxylic acids is 1. The van der Waals surface area contributed by atoms with E-state index < -0.39 is 5.82 Å². The maximum Gasteiger partial charge on any atom is 0.270 e. The zero-order chi connectivity index (χ0) is 23.5. The molecule has 3 heterocycles. The molecule has 9 nitrogen and oxygen atoms in total. The van der Waals surface area contributed by atoms with E-state index in [4.69, 9.17) is 10.2 Å². The number of nitrogen functional groups attached to an aromatic ring is 1. The first-order valence-electron chi connectivity index (χ1n) is 10.9. The molecule has 5 rings (SSSR count). The average molecular weight is 464 g/mol. The lowest BCUT2D eigenvalue weighted by Crippen LogP contribution is -2.34. The highest BCUT2D eigenvalue weighted by molar-refractivity contribution is 5.95. The predicted octanol–water partition coefficient (Wildman–Crippen LogP) is 3.51. The number of nitrogens with one attached hydrogen (secondary N) is 1. The van der Waals surface area contributed by atoms with E-state index in [-0.39, 0.29) is 31.7 Å². The fourth-order valence-corrected chi connectivity index (χ4v) is 3.78. The molecule has 34 heavy (non-hydrogen) atoms. The van der Waals surface area contributed by atoms with Gasteiger partial charge in [0.1, 0.15) is 5.82 Å². The van der Waals surface area contributed by atoms with Crippen LogP contribution in [-0.4, -0.2) is 57.2 Å². The van der Waals surface area contributed by atoms with E-state index in [1.807, 2.05) is 30.3 Å². The maximum absolute atomic E-state index is 15.0. The lowest BCUT2D eigenvalue weighted by atomic mass is 10.1. The first-order chi connectivity index (χ1) is 16.6. The van der Waals surface area contributed by atoms with Gasteiger partial charge in [-0.3, -0.25) is 4.79 Å². The van der Waals surface area contributed by atoms with Crippen LogP contribution in [0.3, 0.4) is 0 Å².